The number of nitrogens with zero attached hydrogens (tertiary/aromatic N) is 3. The molecule has 2 heterocycles. The summed E-state index contributed by atoms with van der Waals surface area (Å²) in [5.74, 6) is -0.131. The lowest BCUT2D eigenvalue weighted by atomic mass is 9.99. The Hall–Kier alpha value is -4.14. The second-order valence-electron chi connectivity index (χ2n) is 7.71. The van der Waals surface area contributed by atoms with Crippen molar-refractivity contribution in [1.29, 1.82) is 0 Å². The topological polar surface area (TPSA) is 117 Å². The minimum atomic E-state index is -0.767. The normalized spacial score (nSPS) is 15.4. The Bertz CT molecular complexity index is 1350. The molecule has 170 valence electrons. The van der Waals surface area contributed by atoms with Crippen LogP contribution < -0.4 is 16.0 Å². The van der Waals surface area contributed by atoms with Crippen LogP contribution >= 0.6 is 0 Å². The third-order valence-corrected chi connectivity index (χ3v) is 5.54. The number of hydrogen-bond acceptors (Lipinski definition) is 6. The molecule has 0 bridgehead atoms. The minimum absolute atomic E-state index is 0.141. The molecule has 1 aromatic heterocycles. The fraction of sp³-hybridized carbons (Fsp3) is 0.250. The van der Waals surface area contributed by atoms with Crippen LogP contribution in [0.25, 0.3) is 5.69 Å². The van der Waals surface area contributed by atoms with Crippen LogP contribution in [0.3, 0.4) is 0 Å². The number of hydrogen-bond donors (Lipinski definition) is 2. The Morgan fingerprint density at radius 1 is 1.18 bits per heavy atom. The van der Waals surface area contributed by atoms with Crippen LogP contribution in [0.5, 0.6) is 11.6 Å². The van der Waals surface area contributed by atoms with E-state index in [0.29, 0.717) is 18.0 Å². The van der Waals surface area contributed by atoms with Crippen molar-refractivity contribution in [3.05, 3.63) is 86.1 Å². The van der Waals surface area contributed by atoms with Gasteiger partial charge in [-0.3, -0.25) is 14.6 Å². The molecule has 9 nitrogen and oxygen atoms in total. The molecule has 4 rings (SSSR count). The summed E-state index contributed by atoms with van der Waals surface area (Å²) in [6.07, 6.45) is 0.191. The van der Waals surface area contributed by atoms with E-state index in [1.807, 2.05) is 19.1 Å². The molecule has 0 saturated carbocycles. The zero-order chi connectivity index (χ0) is 23.7. The van der Waals surface area contributed by atoms with E-state index in [-0.39, 0.29) is 23.6 Å². The van der Waals surface area contributed by atoms with Gasteiger partial charge >= 0.3 is 5.69 Å². The van der Waals surface area contributed by atoms with Gasteiger partial charge in [0.1, 0.15) is 11.3 Å². The van der Waals surface area contributed by atoms with Crippen LogP contribution in [0.1, 0.15) is 43.0 Å². The van der Waals surface area contributed by atoms with Crippen molar-refractivity contribution in [2.24, 2.45) is 5.10 Å². The zero-order valence-electron chi connectivity index (χ0n) is 18.5. The van der Waals surface area contributed by atoms with Gasteiger partial charge in [0.25, 0.3) is 5.56 Å². The summed E-state index contributed by atoms with van der Waals surface area (Å²) in [6, 6.07) is 13.8. The summed E-state index contributed by atoms with van der Waals surface area (Å²) in [4.78, 5) is 39.9. The molecule has 0 unspecified atom stereocenters. The number of H-pyrrole nitrogens is 1. The molecule has 0 fully saturated rings. The van der Waals surface area contributed by atoms with Crippen molar-refractivity contribution in [2.45, 2.75) is 33.2 Å². The Morgan fingerprint density at radius 2 is 1.88 bits per heavy atom. The molecule has 1 atom stereocenters. The molecule has 2 N–H and O–H groups in total. The van der Waals surface area contributed by atoms with Crippen molar-refractivity contribution >= 4 is 11.6 Å². The number of aromatic amines is 1. The maximum Gasteiger partial charge on any atom is 0.335 e. The first-order valence-corrected chi connectivity index (χ1v) is 10.6. The van der Waals surface area contributed by atoms with Crippen molar-refractivity contribution in [3.8, 4) is 17.3 Å². The smallest absolute Gasteiger partial charge is 0.335 e. The van der Waals surface area contributed by atoms with Crippen molar-refractivity contribution in [2.75, 3.05) is 6.61 Å². The molecule has 0 spiro atoms. The molecule has 2 aromatic carbocycles. The SMILES string of the molecule is CCOc1ccc([C@@H]2CC(c3c(O)n(-c4ccccc4C)c(=O)[nH]c3=O)=NN2C(C)=O)cc1. The number of rotatable bonds is 5. The van der Waals surface area contributed by atoms with Gasteiger partial charge in [0.05, 0.1) is 24.0 Å². The molecule has 33 heavy (non-hydrogen) atoms. The van der Waals surface area contributed by atoms with Crippen LogP contribution in [0.15, 0.2) is 63.2 Å². The zero-order valence-corrected chi connectivity index (χ0v) is 18.5. The highest BCUT2D eigenvalue weighted by Gasteiger charge is 2.34. The van der Waals surface area contributed by atoms with E-state index >= 15 is 0 Å². The molecule has 3 aromatic rings. The Labute approximate surface area is 189 Å². The molecule has 0 radical (unpaired) electrons. The number of aromatic hydroxyl groups is 1. The number of nitrogens with one attached hydrogen (secondary N) is 1. The van der Waals surface area contributed by atoms with Gasteiger partial charge in [-0.2, -0.15) is 5.10 Å². The second-order valence-corrected chi connectivity index (χ2v) is 7.71. The fourth-order valence-corrected chi connectivity index (χ4v) is 3.99. The highest BCUT2D eigenvalue weighted by molar-refractivity contribution is 6.04. The van der Waals surface area contributed by atoms with Crippen LogP contribution in [0.4, 0.5) is 0 Å². The molecule has 1 amide bonds. The highest BCUT2D eigenvalue weighted by Crippen LogP contribution is 2.34. The van der Waals surface area contributed by atoms with Gasteiger partial charge in [-0.05, 0) is 43.2 Å². The summed E-state index contributed by atoms with van der Waals surface area (Å²) in [5, 5.41) is 16.6. The van der Waals surface area contributed by atoms with Crippen molar-refractivity contribution in [1.82, 2.24) is 14.6 Å². The maximum atomic E-state index is 12.7. The molecule has 1 aliphatic heterocycles. The molecular formula is C24H24N4O5. The van der Waals surface area contributed by atoms with Gasteiger partial charge in [-0.25, -0.2) is 14.4 Å². The number of carbonyl (C=O) groups excluding carboxylic acids is 1. The van der Waals surface area contributed by atoms with Crippen LogP contribution in [0, 0.1) is 6.92 Å². The van der Waals surface area contributed by atoms with Gasteiger partial charge < -0.3 is 9.84 Å². The monoisotopic (exact) mass is 448 g/mol. The number of aromatic nitrogens is 2. The molecule has 0 aliphatic carbocycles. The van der Waals surface area contributed by atoms with E-state index < -0.39 is 23.2 Å². The Kier molecular flexibility index (Phi) is 5.87. The number of carbonyl (C=O) groups is 1. The number of benzene rings is 2. The number of amides is 1. The third-order valence-electron chi connectivity index (χ3n) is 5.54. The van der Waals surface area contributed by atoms with E-state index in [0.717, 1.165) is 15.7 Å². The van der Waals surface area contributed by atoms with Crippen molar-refractivity contribution in [3.63, 3.8) is 0 Å². The van der Waals surface area contributed by atoms with E-state index in [9.17, 15) is 19.5 Å². The quantitative estimate of drug-likeness (QED) is 0.622. The summed E-state index contributed by atoms with van der Waals surface area (Å²) in [6.45, 7) is 5.60. The third kappa shape index (κ3) is 4.05. The average molecular weight is 448 g/mol. The van der Waals surface area contributed by atoms with E-state index in [2.05, 4.69) is 10.1 Å². The first kappa shape index (κ1) is 22.1. The lowest BCUT2D eigenvalue weighted by Crippen LogP contribution is -2.33. The molecular weight excluding hydrogens is 424 g/mol. The lowest BCUT2D eigenvalue weighted by Gasteiger charge is -2.20. The summed E-state index contributed by atoms with van der Waals surface area (Å²) >= 11 is 0. The first-order chi connectivity index (χ1) is 15.8. The highest BCUT2D eigenvalue weighted by atomic mass is 16.5. The maximum absolute atomic E-state index is 12.7. The van der Waals surface area contributed by atoms with Gasteiger partial charge in [-0.15, -0.1) is 0 Å². The largest absolute Gasteiger partial charge is 0.494 e. The van der Waals surface area contributed by atoms with Crippen LogP contribution in [-0.4, -0.2) is 37.9 Å². The van der Waals surface area contributed by atoms with Gasteiger partial charge in [-0.1, -0.05) is 30.3 Å². The predicted molar refractivity (Wildman–Crippen MR) is 123 cm³/mol. The number of aryl methyl sites for hydroxylation is 1. The van der Waals surface area contributed by atoms with Gasteiger partial charge in [0.15, 0.2) is 0 Å². The predicted octanol–water partition coefficient (Wildman–Crippen LogP) is 2.64. The summed E-state index contributed by atoms with van der Waals surface area (Å²) in [7, 11) is 0. The molecule has 1 aliphatic rings. The minimum Gasteiger partial charge on any atom is -0.494 e. The van der Waals surface area contributed by atoms with Crippen LogP contribution in [-0.2, 0) is 4.79 Å². The van der Waals surface area contributed by atoms with Gasteiger partial charge in [0.2, 0.25) is 11.8 Å². The summed E-state index contributed by atoms with van der Waals surface area (Å²) < 4.78 is 6.51. The standard InChI is InChI=1S/C24H24N4O5/c1-4-33-17-11-9-16(10-12-17)20-13-18(26-28(20)15(3)29)21-22(30)25-24(32)27(23(21)31)19-8-6-5-7-14(19)2/h5-12,20,31H,4,13H2,1-3H3,(H,25,30,32)/t20-/m0/s1. The van der Waals surface area contributed by atoms with Crippen molar-refractivity contribution < 1.29 is 14.6 Å². The Morgan fingerprint density at radius 3 is 2.52 bits per heavy atom. The molecule has 0 saturated heterocycles. The number of ether oxygens (including phenoxy) is 1. The molecule has 9 heteroatoms. The Balaban J connectivity index is 1.79. The van der Waals surface area contributed by atoms with E-state index in [1.165, 1.54) is 11.9 Å². The fourth-order valence-electron chi connectivity index (χ4n) is 3.99. The second kappa shape index (κ2) is 8.78. The number of hydrazone groups is 1. The van der Waals surface area contributed by atoms with Gasteiger partial charge in [0, 0.05) is 13.3 Å². The first-order valence-electron chi connectivity index (χ1n) is 10.6. The lowest BCUT2D eigenvalue weighted by molar-refractivity contribution is -0.130. The number of para-hydroxylation sites is 1. The summed E-state index contributed by atoms with van der Waals surface area (Å²) in [5.41, 5.74) is 0.511. The average Bonchev–Trinajstić information content (AvgIpc) is 3.21. The van der Waals surface area contributed by atoms with E-state index in [4.69, 9.17) is 4.74 Å². The van der Waals surface area contributed by atoms with Crippen LogP contribution in [0.2, 0.25) is 0 Å². The van der Waals surface area contributed by atoms with E-state index in [1.54, 1.807) is 43.3 Å².